The van der Waals surface area contributed by atoms with Crippen molar-refractivity contribution < 1.29 is 9.53 Å². The predicted octanol–water partition coefficient (Wildman–Crippen LogP) is 1.59. The van der Waals surface area contributed by atoms with Gasteiger partial charge in [-0.3, -0.25) is 0 Å². The summed E-state index contributed by atoms with van der Waals surface area (Å²) in [7, 11) is 5.65. The number of amides is 2. The molecule has 0 aromatic heterocycles. The zero-order chi connectivity index (χ0) is 14.1. The van der Waals surface area contributed by atoms with Crippen molar-refractivity contribution in [2.75, 3.05) is 39.3 Å². The Morgan fingerprint density at radius 1 is 1.21 bits per heavy atom. The third-order valence-electron chi connectivity index (χ3n) is 2.72. The minimum absolute atomic E-state index is 0.146. The zero-order valence-electron chi connectivity index (χ0n) is 11.9. The van der Waals surface area contributed by atoms with E-state index in [1.165, 1.54) is 0 Å². The summed E-state index contributed by atoms with van der Waals surface area (Å²) in [4.78, 5) is 13.5. The average molecular weight is 265 g/mol. The van der Waals surface area contributed by atoms with Gasteiger partial charge in [0, 0.05) is 46.6 Å². The van der Waals surface area contributed by atoms with Crippen LogP contribution >= 0.6 is 0 Å². The number of hydrogen-bond donors (Lipinski definition) is 2. The second kappa shape index (κ2) is 8.37. The van der Waals surface area contributed by atoms with Gasteiger partial charge in [-0.15, -0.1) is 0 Å². The fourth-order valence-corrected chi connectivity index (χ4v) is 1.58. The highest BCUT2D eigenvalue weighted by molar-refractivity contribution is 5.73. The molecule has 0 aliphatic carbocycles. The summed E-state index contributed by atoms with van der Waals surface area (Å²) < 4.78 is 4.91. The number of methoxy groups -OCH3 is 1. The van der Waals surface area contributed by atoms with E-state index in [4.69, 9.17) is 4.74 Å². The number of ether oxygens (including phenoxy) is 1. The van der Waals surface area contributed by atoms with Crippen LogP contribution < -0.4 is 15.5 Å². The number of hydrogen-bond acceptors (Lipinski definition) is 3. The van der Waals surface area contributed by atoms with Crippen LogP contribution in [0.5, 0.6) is 0 Å². The Kier molecular flexibility index (Phi) is 6.74. The van der Waals surface area contributed by atoms with Crippen LogP contribution in [0.2, 0.25) is 0 Å². The summed E-state index contributed by atoms with van der Waals surface area (Å²) in [6.45, 7) is 1.81. The van der Waals surface area contributed by atoms with Crippen LogP contribution in [0.1, 0.15) is 12.0 Å². The molecule has 0 aliphatic heterocycles. The minimum atomic E-state index is -0.146. The van der Waals surface area contributed by atoms with Crippen LogP contribution in [0, 0.1) is 0 Å². The molecule has 2 N–H and O–H groups in total. The second-order valence-electron chi connectivity index (χ2n) is 4.52. The molecule has 0 saturated heterocycles. The maximum atomic E-state index is 11.5. The third kappa shape index (κ3) is 6.10. The van der Waals surface area contributed by atoms with Crippen molar-refractivity contribution in [2.45, 2.75) is 13.0 Å². The van der Waals surface area contributed by atoms with E-state index in [9.17, 15) is 4.79 Å². The van der Waals surface area contributed by atoms with E-state index in [0.29, 0.717) is 19.7 Å². The molecule has 5 nitrogen and oxygen atoms in total. The molecule has 1 aromatic rings. The van der Waals surface area contributed by atoms with E-state index in [-0.39, 0.29) is 6.03 Å². The molecule has 1 aromatic carbocycles. The molecule has 0 fully saturated rings. The number of rotatable bonds is 7. The fourth-order valence-electron chi connectivity index (χ4n) is 1.58. The largest absolute Gasteiger partial charge is 0.385 e. The van der Waals surface area contributed by atoms with Crippen LogP contribution in [0.15, 0.2) is 24.3 Å². The smallest absolute Gasteiger partial charge is 0.315 e. The lowest BCUT2D eigenvalue weighted by Gasteiger charge is -2.13. The van der Waals surface area contributed by atoms with Gasteiger partial charge in [0.15, 0.2) is 0 Å². The van der Waals surface area contributed by atoms with Gasteiger partial charge in [0.2, 0.25) is 0 Å². The maximum Gasteiger partial charge on any atom is 0.315 e. The highest BCUT2D eigenvalue weighted by Crippen LogP contribution is 2.11. The van der Waals surface area contributed by atoms with Crippen LogP contribution in [0.25, 0.3) is 0 Å². The Hall–Kier alpha value is -1.75. The highest BCUT2D eigenvalue weighted by Gasteiger charge is 2.00. The number of carbonyl (C=O) groups is 1. The first-order valence-electron chi connectivity index (χ1n) is 6.40. The molecular formula is C14H23N3O2. The van der Waals surface area contributed by atoms with Crippen LogP contribution in [-0.2, 0) is 11.3 Å². The molecule has 0 atom stereocenters. The normalized spacial score (nSPS) is 10.1. The number of urea groups is 1. The monoisotopic (exact) mass is 265 g/mol. The topological polar surface area (TPSA) is 53.6 Å². The van der Waals surface area contributed by atoms with Crippen molar-refractivity contribution in [1.29, 1.82) is 0 Å². The minimum Gasteiger partial charge on any atom is -0.385 e. The molecular weight excluding hydrogens is 242 g/mol. The molecule has 19 heavy (non-hydrogen) atoms. The van der Waals surface area contributed by atoms with Gasteiger partial charge in [-0.25, -0.2) is 4.79 Å². The van der Waals surface area contributed by atoms with Gasteiger partial charge in [-0.1, -0.05) is 12.1 Å². The quantitative estimate of drug-likeness (QED) is 0.736. The maximum absolute atomic E-state index is 11.5. The summed E-state index contributed by atoms with van der Waals surface area (Å²) in [5.41, 5.74) is 2.23. The van der Waals surface area contributed by atoms with Crippen LogP contribution in [0.4, 0.5) is 10.5 Å². The lowest BCUT2D eigenvalue weighted by atomic mass is 10.2. The lowest BCUT2D eigenvalue weighted by molar-refractivity contribution is 0.193. The third-order valence-corrected chi connectivity index (χ3v) is 2.72. The molecule has 1 rings (SSSR count). The first-order valence-corrected chi connectivity index (χ1v) is 6.40. The Morgan fingerprint density at radius 2 is 1.89 bits per heavy atom. The van der Waals surface area contributed by atoms with Crippen LogP contribution in [-0.4, -0.2) is 40.4 Å². The molecule has 0 radical (unpaired) electrons. The van der Waals surface area contributed by atoms with Crippen molar-refractivity contribution in [2.24, 2.45) is 0 Å². The number of anilines is 1. The summed E-state index contributed by atoms with van der Waals surface area (Å²) in [5.74, 6) is 0. The summed E-state index contributed by atoms with van der Waals surface area (Å²) in [5, 5.41) is 5.60. The lowest BCUT2D eigenvalue weighted by Crippen LogP contribution is -2.35. The number of nitrogens with one attached hydrogen (secondary N) is 2. The van der Waals surface area contributed by atoms with Crippen molar-refractivity contribution in [1.82, 2.24) is 10.6 Å². The average Bonchev–Trinajstić information content (AvgIpc) is 2.42. The SMILES string of the molecule is COCCCNC(=O)NCc1ccc(N(C)C)cc1. The van der Waals surface area contributed by atoms with E-state index in [2.05, 4.69) is 10.6 Å². The molecule has 0 saturated carbocycles. The Labute approximate surface area is 114 Å². The van der Waals surface area contributed by atoms with Gasteiger partial charge in [0.05, 0.1) is 0 Å². The number of benzene rings is 1. The van der Waals surface area contributed by atoms with E-state index in [1.54, 1.807) is 7.11 Å². The number of carbonyl (C=O) groups excluding carboxylic acids is 1. The van der Waals surface area contributed by atoms with Gasteiger partial charge in [0.1, 0.15) is 0 Å². The van der Waals surface area contributed by atoms with Gasteiger partial charge < -0.3 is 20.3 Å². The van der Waals surface area contributed by atoms with E-state index < -0.39 is 0 Å². The summed E-state index contributed by atoms with van der Waals surface area (Å²) in [6, 6.07) is 7.95. The first-order chi connectivity index (χ1) is 9.13. The molecule has 0 unspecified atom stereocenters. The molecule has 0 bridgehead atoms. The summed E-state index contributed by atoms with van der Waals surface area (Å²) in [6.07, 6.45) is 0.821. The fraction of sp³-hybridized carbons (Fsp3) is 0.500. The van der Waals surface area contributed by atoms with Crippen molar-refractivity contribution >= 4 is 11.7 Å². The number of nitrogens with zero attached hydrogens (tertiary/aromatic N) is 1. The molecule has 0 aliphatic rings. The van der Waals surface area contributed by atoms with Crippen molar-refractivity contribution in [3.63, 3.8) is 0 Å². The standard InChI is InChI=1S/C14H23N3O2/c1-17(2)13-7-5-12(6-8-13)11-16-14(18)15-9-4-10-19-3/h5-8H,4,9-11H2,1-3H3,(H2,15,16,18). The molecule has 2 amide bonds. The zero-order valence-corrected chi connectivity index (χ0v) is 11.9. The second-order valence-corrected chi connectivity index (χ2v) is 4.52. The summed E-state index contributed by atoms with van der Waals surface area (Å²) >= 11 is 0. The Bertz CT molecular complexity index is 377. The Morgan fingerprint density at radius 3 is 2.47 bits per heavy atom. The van der Waals surface area contributed by atoms with Crippen molar-refractivity contribution in [3.8, 4) is 0 Å². The van der Waals surface area contributed by atoms with Gasteiger partial charge >= 0.3 is 6.03 Å². The molecule has 5 heteroatoms. The first kappa shape index (κ1) is 15.3. The van der Waals surface area contributed by atoms with Crippen LogP contribution in [0.3, 0.4) is 0 Å². The molecule has 0 spiro atoms. The van der Waals surface area contributed by atoms with E-state index in [0.717, 1.165) is 17.7 Å². The Balaban J connectivity index is 2.26. The predicted molar refractivity (Wildman–Crippen MR) is 77.5 cm³/mol. The molecule has 106 valence electrons. The van der Waals surface area contributed by atoms with Crippen molar-refractivity contribution in [3.05, 3.63) is 29.8 Å². The molecule has 0 heterocycles. The van der Waals surface area contributed by atoms with E-state index >= 15 is 0 Å². The van der Waals surface area contributed by atoms with Gasteiger partial charge in [-0.2, -0.15) is 0 Å². The van der Waals surface area contributed by atoms with Gasteiger partial charge in [0.25, 0.3) is 0 Å². The van der Waals surface area contributed by atoms with Gasteiger partial charge in [-0.05, 0) is 24.1 Å². The van der Waals surface area contributed by atoms with E-state index in [1.807, 2.05) is 43.3 Å². The highest BCUT2D eigenvalue weighted by atomic mass is 16.5.